The van der Waals surface area contributed by atoms with Gasteiger partial charge in [-0.2, -0.15) is 0 Å². The van der Waals surface area contributed by atoms with Crippen LogP contribution in [0.5, 0.6) is 0 Å². The number of carbonyl (C=O) groups is 1. The van der Waals surface area contributed by atoms with Crippen LogP contribution >= 0.6 is 0 Å². The van der Waals surface area contributed by atoms with E-state index in [-0.39, 0.29) is 5.82 Å². The van der Waals surface area contributed by atoms with Crippen molar-refractivity contribution in [2.75, 3.05) is 0 Å². The van der Waals surface area contributed by atoms with Gasteiger partial charge in [0, 0.05) is 19.6 Å². The number of ether oxygens (including phenoxy) is 1. The van der Waals surface area contributed by atoms with E-state index in [0.717, 1.165) is 35.3 Å². The number of benzene rings is 3. The average Bonchev–Trinajstić information content (AvgIpc) is 2.73. The molecule has 0 radical (unpaired) electrons. The third-order valence-electron chi connectivity index (χ3n) is 4.62. The van der Waals surface area contributed by atoms with Crippen molar-refractivity contribution in [1.82, 2.24) is 10.6 Å². The Bertz CT molecular complexity index is 993. The summed E-state index contributed by atoms with van der Waals surface area (Å²) in [5.74, 6) is -0.228. The standard InChI is InChI=1S/C26H29FN2O2/c1-26(2,3)31-25(30)29-18-21-6-4-5-20(15-21)17-28-16-19-7-9-22(10-8-19)23-11-13-24(27)14-12-23/h4-15,28H,16-18H2,1-3H3,(H,29,30). The first-order chi connectivity index (χ1) is 14.8. The van der Waals surface area contributed by atoms with E-state index in [0.29, 0.717) is 6.54 Å². The lowest BCUT2D eigenvalue weighted by Gasteiger charge is -2.19. The topological polar surface area (TPSA) is 50.4 Å². The van der Waals surface area contributed by atoms with Crippen molar-refractivity contribution in [2.45, 2.75) is 46.0 Å². The van der Waals surface area contributed by atoms with E-state index < -0.39 is 11.7 Å². The minimum atomic E-state index is -0.507. The fourth-order valence-corrected chi connectivity index (χ4v) is 3.15. The van der Waals surface area contributed by atoms with Crippen molar-refractivity contribution in [3.63, 3.8) is 0 Å². The predicted molar refractivity (Wildman–Crippen MR) is 122 cm³/mol. The van der Waals surface area contributed by atoms with E-state index in [4.69, 9.17) is 4.74 Å². The molecular weight excluding hydrogens is 391 g/mol. The van der Waals surface area contributed by atoms with Crippen LogP contribution in [-0.2, 0) is 24.4 Å². The fraction of sp³-hybridized carbons (Fsp3) is 0.269. The second-order valence-corrected chi connectivity index (χ2v) is 8.48. The quantitative estimate of drug-likeness (QED) is 0.507. The number of rotatable bonds is 7. The zero-order valence-corrected chi connectivity index (χ0v) is 18.2. The van der Waals surface area contributed by atoms with Crippen LogP contribution in [0.25, 0.3) is 11.1 Å². The largest absolute Gasteiger partial charge is 0.444 e. The molecule has 0 bridgehead atoms. The van der Waals surface area contributed by atoms with Gasteiger partial charge < -0.3 is 15.4 Å². The normalized spacial score (nSPS) is 11.2. The third kappa shape index (κ3) is 7.54. The van der Waals surface area contributed by atoms with Gasteiger partial charge in [-0.1, -0.05) is 60.7 Å². The average molecular weight is 421 g/mol. The minimum absolute atomic E-state index is 0.228. The molecule has 0 spiro atoms. The zero-order valence-electron chi connectivity index (χ0n) is 18.2. The molecule has 0 saturated carbocycles. The smallest absolute Gasteiger partial charge is 0.407 e. The van der Waals surface area contributed by atoms with Crippen LogP contribution in [0.1, 0.15) is 37.5 Å². The molecule has 0 atom stereocenters. The molecule has 0 heterocycles. The van der Waals surface area contributed by atoms with Crippen molar-refractivity contribution in [1.29, 1.82) is 0 Å². The molecule has 0 aliphatic rings. The van der Waals surface area contributed by atoms with Gasteiger partial charge in [-0.3, -0.25) is 0 Å². The highest BCUT2D eigenvalue weighted by Gasteiger charge is 2.15. The molecule has 0 aromatic heterocycles. The summed E-state index contributed by atoms with van der Waals surface area (Å²) in [6.45, 7) is 7.41. The number of carbonyl (C=O) groups excluding carboxylic acids is 1. The highest BCUT2D eigenvalue weighted by atomic mass is 19.1. The van der Waals surface area contributed by atoms with Crippen molar-refractivity contribution in [3.05, 3.63) is 95.3 Å². The van der Waals surface area contributed by atoms with Gasteiger partial charge in [0.2, 0.25) is 0 Å². The molecule has 3 rings (SSSR count). The van der Waals surface area contributed by atoms with E-state index in [2.05, 4.69) is 34.9 Å². The Morgan fingerprint density at radius 1 is 0.806 bits per heavy atom. The molecule has 3 aromatic rings. The summed E-state index contributed by atoms with van der Waals surface area (Å²) >= 11 is 0. The number of amides is 1. The Labute approximate surface area is 183 Å². The minimum Gasteiger partial charge on any atom is -0.444 e. The van der Waals surface area contributed by atoms with Crippen LogP contribution in [0.3, 0.4) is 0 Å². The maximum Gasteiger partial charge on any atom is 0.407 e. The third-order valence-corrected chi connectivity index (χ3v) is 4.62. The molecule has 2 N–H and O–H groups in total. The van der Waals surface area contributed by atoms with E-state index in [1.807, 2.05) is 45.0 Å². The molecule has 0 aliphatic carbocycles. The van der Waals surface area contributed by atoms with Gasteiger partial charge in [-0.25, -0.2) is 9.18 Å². The Kier molecular flexibility index (Phi) is 7.42. The molecule has 1 amide bonds. The maximum absolute atomic E-state index is 13.1. The predicted octanol–water partition coefficient (Wildman–Crippen LogP) is 5.81. The van der Waals surface area contributed by atoms with Gasteiger partial charge >= 0.3 is 6.09 Å². The van der Waals surface area contributed by atoms with Crippen molar-refractivity contribution in [2.24, 2.45) is 0 Å². The molecule has 31 heavy (non-hydrogen) atoms. The first kappa shape index (κ1) is 22.5. The summed E-state index contributed by atoms with van der Waals surface area (Å²) in [4.78, 5) is 11.8. The molecular formula is C26H29FN2O2. The van der Waals surface area contributed by atoms with E-state index in [1.54, 1.807) is 12.1 Å². The molecule has 0 saturated heterocycles. The SMILES string of the molecule is CC(C)(C)OC(=O)NCc1cccc(CNCc2ccc(-c3ccc(F)cc3)cc2)c1. The Hall–Kier alpha value is -3.18. The van der Waals surface area contributed by atoms with Gasteiger partial charge in [0.15, 0.2) is 0 Å². The summed E-state index contributed by atoms with van der Waals surface area (Å²) in [5.41, 5.74) is 4.90. The van der Waals surface area contributed by atoms with Crippen LogP contribution in [0.4, 0.5) is 9.18 Å². The summed E-state index contributed by atoms with van der Waals surface area (Å²) < 4.78 is 18.3. The summed E-state index contributed by atoms with van der Waals surface area (Å²) in [6.07, 6.45) is -0.417. The summed E-state index contributed by atoms with van der Waals surface area (Å²) in [7, 11) is 0. The number of hydrogen-bond acceptors (Lipinski definition) is 3. The van der Waals surface area contributed by atoms with Crippen LogP contribution in [0, 0.1) is 5.82 Å². The van der Waals surface area contributed by atoms with Crippen LogP contribution < -0.4 is 10.6 Å². The lowest BCUT2D eigenvalue weighted by molar-refractivity contribution is 0.0523. The van der Waals surface area contributed by atoms with Crippen LogP contribution in [-0.4, -0.2) is 11.7 Å². The molecule has 5 heteroatoms. The number of alkyl carbamates (subject to hydrolysis) is 1. The number of halogens is 1. The second kappa shape index (κ2) is 10.2. The van der Waals surface area contributed by atoms with E-state index >= 15 is 0 Å². The number of nitrogens with one attached hydrogen (secondary N) is 2. The summed E-state index contributed by atoms with van der Waals surface area (Å²) in [5, 5.41) is 6.23. The Morgan fingerprint density at radius 3 is 1.97 bits per heavy atom. The summed E-state index contributed by atoms with van der Waals surface area (Å²) in [6, 6.07) is 22.9. The fourth-order valence-electron chi connectivity index (χ4n) is 3.15. The van der Waals surface area contributed by atoms with Gasteiger partial charge in [0.05, 0.1) is 0 Å². The zero-order chi connectivity index (χ0) is 22.3. The van der Waals surface area contributed by atoms with Gasteiger partial charge in [-0.15, -0.1) is 0 Å². The highest BCUT2D eigenvalue weighted by molar-refractivity contribution is 5.67. The first-order valence-electron chi connectivity index (χ1n) is 10.4. The van der Waals surface area contributed by atoms with E-state index in [1.165, 1.54) is 17.7 Å². The monoisotopic (exact) mass is 420 g/mol. The lowest BCUT2D eigenvalue weighted by atomic mass is 10.0. The maximum atomic E-state index is 13.1. The lowest BCUT2D eigenvalue weighted by Crippen LogP contribution is -2.32. The molecule has 4 nitrogen and oxygen atoms in total. The first-order valence-corrected chi connectivity index (χ1v) is 10.4. The molecule has 0 fully saturated rings. The number of hydrogen-bond donors (Lipinski definition) is 2. The van der Waals surface area contributed by atoms with Gasteiger partial charge in [0.25, 0.3) is 0 Å². The highest BCUT2D eigenvalue weighted by Crippen LogP contribution is 2.20. The van der Waals surface area contributed by atoms with Gasteiger partial charge in [-0.05, 0) is 60.7 Å². The van der Waals surface area contributed by atoms with Crippen LogP contribution in [0.2, 0.25) is 0 Å². The molecule has 0 aliphatic heterocycles. The van der Waals surface area contributed by atoms with Crippen molar-refractivity contribution < 1.29 is 13.9 Å². The van der Waals surface area contributed by atoms with Crippen LogP contribution in [0.15, 0.2) is 72.8 Å². The van der Waals surface area contributed by atoms with Crippen molar-refractivity contribution in [3.8, 4) is 11.1 Å². The van der Waals surface area contributed by atoms with Gasteiger partial charge in [0.1, 0.15) is 11.4 Å². The Morgan fingerprint density at radius 2 is 1.35 bits per heavy atom. The molecule has 162 valence electrons. The Balaban J connectivity index is 1.47. The van der Waals surface area contributed by atoms with E-state index in [9.17, 15) is 9.18 Å². The molecule has 0 unspecified atom stereocenters. The second-order valence-electron chi connectivity index (χ2n) is 8.48. The molecule has 3 aromatic carbocycles. The van der Waals surface area contributed by atoms with Crippen molar-refractivity contribution >= 4 is 6.09 Å².